The van der Waals surface area contributed by atoms with Gasteiger partial charge in [-0.2, -0.15) is 0 Å². The van der Waals surface area contributed by atoms with Crippen molar-refractivity contribution in [2.45, 2.75) is 17.3 Å². The van der Waals surface area contributed by atoms with E-state index in [4.69, 9.17) is 23.2 Å². The van der Waals surface area contributed by atoms with Crippen molar-refractivity contribution in [1.29, 1.82) is 0 Å². The summed E-state index contributed by atoms with van der Waals surface area (Å²) in [7, 11) is 0. The Morgan fingerprint density at radius 1 is 1.25 bits per heavy atom. The quantitative estimate of drug-likeness (QED) is 0.502. The molecule has 0 spiro atoms. The van der Waals surface area contributed by atoms with Crippen LogP contribution in [0.4, 0.5) is 5.69 Å². The van der Waals surface area contributed by atoms with E-state index in [1.54, 1.807) is 0 Å². The smallest absolute Gasteiger partial charge is 0.103 e. The Hall–Kier alpha value is -0.400. The van der Waals surface area contributed by atoms with E-state index in [2.05, 4.69) is 5.32 Å². The maximum absolute atomic E-state index is 6.12. The molecular weight excluding hydrogens is 193 g/mol. The van der Waals surface area contributed by atoms with E-state index >= 15 is 0 Å². The van der Waals surface area contributed by atoms with E-state index in [9.17, 15) is 0 Å². The fourth-order valence-electron chi connectivity index (χ4n) is 1.44. The highest BCUT2D eigenvalue weighted by molar-refractivity contribution is 6.25. The lowest BCUT2D eigenvalue weighted by Gasteiger charge is -2.26. The third-order valence-electron chi connectivity index (χ3n) is 2.02. The third kappa shape index (κ3) is 1.39. The predicted molar refractivity (Wildman–Crippen MR) is 52.9 cm³/mol. The van der Waals surface area contributed by atoms with E-state index in [0.717, 1.165) is 17.7 Å². The number of halogens is 2. The van der Waals surface area contributed by atoms with E-state index in [1.165, 1.54) is 0 Å². The lowest BCUT2D eigenvalue weighted by molar-refractivity contribution is 0.757. The van der Waals surface area contributed by atoms with Crippen LogP contribution in [0.3, 0.4) is 0 Å². The molecule has 2 unspecified atom stereocenters. The van der Waals surface area contributed by atoms with Crippen molar-refractivity contribution in [3.63, 3.8) is 0 Å². The minimum atomic E-state index is -0.0394. The van der Waals surface area contributed by atoms with Crippen LogP contribution in [0.25, 0.3) is 0 Å². The zero-order valence-electron chi connectivity index (χ0n) is 6.43. The Morgan fingerprint density at radius 3 is 2.83 bits per heavy atom. The van der Waals surface area contributed by atoms with Crippen LogP contribution in [0.2, 0.25) is 0 Å². The average molecular weight is 202 g/mol. The minimum Gasteiger partial charge on any atom is -0.369 e. The molecule has 12 heavy (non-hydrogen) atoms. The first kappa shape index (κ1) is 8.21. The van der Waals surface area contributed by atoms with Gasteiger partial charge in [-0.05, 0) is 11.6 Å². The second-order valence-corrected chi connectivity index (χ2v) is 3.96. The van der Waals surface area contributed by atoms with E-state index < -0.39 is 0 Å². The SMILES string of the molecule is ClC1CC(Cl)c2ccccc2N1. The van der Waals surface area contributed by atoms with Gasteiger partial charge in [0.1, 0.15) is 5.50 Å². The van der Waals surface area contributed by atoms with Crippen LogP contribution in [-0.4, -0.2) is 5.50 Å². The number of nitrogens with one attached hydrogen (secondary N) is 1. The fourth-order valence-corrected chi connectivity index (χ4v) is 2.19. The van der Waals surface area contributed by atoms with Gasteiger partial charge >= 0.3 is 0 Å². The van der Waals surface area contributed by atoms with Crippen molar-refractivity contribution in [3.05, 3.63) is 29.8 Å². The molecule has 64 valence electrons. The molecular formula is C9H9Cl2N. The largest absolute Gasteiger partial charge is 0.369 e. The number of hydrogen-bond donors (Lipinski definition) is 1. The molecule has 1 aromatic carbocycles. The molecule has 0 aromatic heterocycles. The van der Waals surface area contributed by atoms with Crippen molar-refractivity contribution in [3.8, 4) is 0 Å². The zero-order valence-corrected chi connectivity index (χ0v) is 7.94. The monoisotopic (exact) mass is 201 g/mol. The molecule has 0 saturated carbocycles. The van der Waals surface area contributed by atoms with Crippen LogP contribution < -0.4 is 5.32 Å². The van der Waals surface area contributed by atoms with Crippen molar-refractivity contribution in [2.24, 2.45) is 0 Å². The maximum atomic E-state index is 6.12. The summed E-state index contributed by atoms with van der Waals surface area (Å²) >= 11 is 12.1. The number of para-hydroxylation sites is 1. The summed E-state index contributed by atoms with van der Waals surface area (Å²) in [5, 5.41) is 3.22. The van der Waals surface area contributed by atoms with Crippen LogP contribution in [0, 0.1) is 0 Å². The average Bonchev–Trinajstić information content (AvgIpc) is 2.04. The Kier molecular flexibility index (Phi) is 2.16. The first-order valence-corrected chi connectivity index (χ1v) is 4.78. The van der Waals surface area contributed by atoms with Crippen LogP contribution in [0.1, 0.15) is 17.4 Å². The van der Waals surface area contributed by atoms with Gasteiger partial charge in [-0.1, -0.05) is 29.8 Å². The minimum absolute atomic E-state index is 0.0394. The van der Waals surface area contributed by atoms with Gasteiger partial charge in [-0.3, -0.25) is 0 Å². The molecule has 0 bridgehead atoms. The molecule has 3 heteroatoms. The number of benzene rings is 1. The Bertz CT molecular complexity index is 288. The summed E-state index contributed by atoms with van der Waals surface area (Å²) in [6.07, 6.45) is 0.778. The molecule has 1 aliphatic rings. The van der Waals surface area contributed by atoms with E-state index in [-0.39, 0.29) is 10.9 Å². The molecule has 0 amide bonds. The van der Waals surface area contributed by atoms with E-state index in [1.807, 2.05) is 24.3 Å². The van der Waals surface area contributed by atoms with Gasteiger partial charge in [0.25, 0.3) is 0 Å². The van der Waals surface area contributed by atoms with Gasteiger partial charge in [0.15, 0.2) is 0 Å². The van der Waals surface area contributed by atoms with Gasteiger partial charge in [0.2, 0.25) is 0 Å². The number of anilines is 1. The van der Waals surface area contributed by atoms with Crippen molar-refractivity contribution in [2.75, 3.05) is 5.32 Å². The molecule has 0 saturated heterocycles. The normalized spacial score (nSPS) is 27.5. The highest BCUT2D eigenvalue weighted by Gasteiger charge is 2.22. The lowest BCUT2D eigenvalue weighted by Crippen LogP contribution is -2.20. The van der Waals surface area contributed by atoms with Gasteiger partial charge < -0.3 is 5.32 Å². The topological polar surface area (TPSA) is 12.0 Å². The lowest BCUT2D eigenvalue weighted by atomic mass is 10.0. The van der Waals surface area contributed by atoms with E-state index in [0.29, 0.717) is 0 Å². The summed E-state index contributed by atoms with van der Waals surface area (Å²) in [6.45, 7) is 0. The fraction of sp³-hybridized carbons (Fsp3) is 0.333. The Morgan fingerprint density at radius 2 is 2.00 bits per heavy atom. The molecule has 1 N–H and O–H groups in total. The number of hydrogen-bond acceptors (Lipinski definition) is 1. The molecule has 1 heterocycles. The molecule has 1 aromatic rings. The van der Waals surface area contributed by atoms with Crippen molar-refractivity contribution in [1.82, 2.24) is 0 Å². The first-order chi connectivity index (χ1) is 5.77. The Labute approximate surface area is 81.7 Å². The van der Waals surface area contributed by atoms with Gasteiger partial charge in [-0.15, -0.1) is 11.6 Å². The summed E-state index contributed by atoms with van der Waals surface area (Å²) in [6, 6.07) is 8.00. The molecule has 1 aliphatic heterocycles. The highest BCUT2D eigenvalue weighted by atomic mass is 35.5. The van der Waals surface area contributed by atoms with Crippen LogP contribution in [0.15, 0.2) is 24.3 Å². The van der Waals surface area contributed by atoms with Crippen molar-refractivity contribution < 1.29 is 0 Å². The van der Waals surface area contributed by atoms with Crippen LogP contribution in [0.5, 0.6) is 0 Å². The summed E-state index contributed by atoms with van der Waals surface area (Å²) in [4.78, 5) is 0. The van der Waals surface area contributed by atoms with Gasteiger partial charge in [0.05, 0.1) is 5.38 Å². The molecule has 0 radical (unpaired) electrons. The molecule has 1 nitrogen and oxygen atoms in total. The van der Waals surface area contributed by atoms with Gasteiger partial charge in [0, 0.05) is 12.1 Å². The van der Waals surface area contributed by atoms with Crippen LogP contribution in [-0.2, 0) is 0 Å². The second-order valence-electron chi connectivity index (χ2n) is 2.90. The van der Waals surface area contributed by atoms with Crippen molar-refractivity contribution >= 4 is 28.9 Å². The highest BCUT2D eigenvalue weighted by Crippen LogP contribution is 2.37. The maximum Gasteiger partial charge on any atom is 0.103 e. The molecule has 2 atom stereocenters. The van der Waals surface area contributed by atoms with Crippen LogP contribution >= 0.6 is 23.2 Å². The third-order valence-corrected chi connectivity index (χ3v) is 2.72. The summed E-state index contributed by atoms with van der Waals surface area (Å²) < 4.78 is 0. The number of alkyl halides is 2. The summed E-state index contributed by atoms with van der Waals surface area (Å²) in [5.74, 6) is 0. The van der Waals surface area contributed by atoms with Gasteiger partial charge in [-0.25, -0.2) is 0 Å². The molecule has 2 rings (SSSR count). The second kappa shape index (κ2) is 3.15. The number of rotatable bonds is 0. The molecule has 0 fully saturated rings. The first-order valence-electron chi connectivity index (χ1n) is 3.91. The summed E-state index contributed by atoms with van der Waals surface area (Å²) in [5.41, 5.74) is 2.17. The Balaban J connectivity index is 2.40. The molecule has 0 aliphatic carbocycles. The zero-order chi connectivity index (χ0) is 8.55. The standard InChI is InChI=1S/C9H9Cl2N/c10-7-5-9(11)12-8-4-2-1-3-6(7)8/h1-4,7,9,12H,5H2. The number of fused-ring (bicyclic) bond motifs is 1. The predicted octanol–water partition coefficient (Wildman–Crippen LogP) is 3.35.